The fourth-order valence-corrected chi connectivity index (χ4v) is 3.06. The third kappa shape index (κ3) is 4.23. The van der Waals surface area contributed by atoms with Crippen molar-refractivity contribution in [2.24, 2.45) is 0 Å². The van der Waals surface area contributed by atoms with Crippen LogP contribution in [0.1, 0.15) is 41.5 Å². The molecule has 5 nitrogen and oxygen atoms in total. The molecule has 0 aliphatic carbocycles. The fraction of sp³-hybridized carbons (Fsp3) is 0.450. The van der Waals surface area contributed by atoms with Gasteiger partial charge in [0.25, 0.3) is 5.91 Å². The highest BCUT2D eigenvalue weighted by atomic mass is 16.5. The topological polar surface area (TPSA) is 54.7 Å². The summed E-state index contributed by atoms with van der Waals surface area (Å²) in [6, 6.07) is 9.72. The Hall–Kier alpha value is -2.27. The summed E-state index contributed by atoms with van der Waals surface area (Å²) in [5, 5.41) is 9.28. The molecule has 0 aliphatic heterocycles. The van der Waals surface area contributed by atoms with Crippen molar-refractivity contribution in [1.29, 1.82) is 0 Å². The molecular formula is C20H28N2O3. The highest BCUT2D eigenvalue weighted by Crippen LogP contribution is 2.24. The molecule has 0 saturated heterocycles. The molecule has 0 spiro atoms. The number of carbonyl (C=O) groups is 1. The molecule has 5 heteroatoms. The number of hydrogen-bond donors (Lipinski definition) is 1. The number of unbranched alkanes of at least 4 members (excludes halogenated alkanes) is 1. The molecule has 25 heavy (non-hydrogen) atoms. The van der Waals surface area contributed by atoms with Gasteiger partial charge in [-0.15, -0.1) is 0 Å². The van der Waals surface area contributed by atoms with E-state index in [1.165, 1.54) is 0 Å². The van der Waals surface area contributed by atoms with E-state index in [-0.39, 0.29) is 12.5 Å². The van der Waals surface area contributed by atoms with Crippen LogP contribution in [0.4, 0.5) is 0 Å². The van der Waals surface area contributed by atoms with E-state index in [4.69, 9.17) is 4.74 Å². The molecule has 136 valence electrons. The molecule has 0 radical (unpaired) electrons. The van der Waals surface area contributed by atoms with Crippen molar-refractivity contribution in [3.8, 4) is 11.4 Å². The highest BCUT2D eigenvalue weighted by Gasteiger charge is 2.21. The Kier molecular flexibility index (Phi) is 6.65. The molecule has 1 aromatic heterocycles. The number of ether oxygens (including phenoxy) is 1. The van der Waals surface area contributed by atoms with Gasteiger partial charge in [0.05, 0.1) is 19.3 Å². The Morgan fingerprint density at radius 3 is 2.44 bits per heavy atom. The lowest BCUT2D eigenvalue weighted by Crippen LogP contribution is -2.34. The fourth-order valence-electron chi connectivity index (χ4n) is 3.06. The van der Waals surface area contributed by atoms with Gasteiger partial charge in [-0.1, -0.05) is 13.3 Å². The standard InChI is InChI=1S/C20H28N2O3/c1-5-6-11-21(12-13-23)20(24)19-14-15(2)22(16(19)3)17-7-9-18(25-4)10-8-17/h7-10,14,23H,5-6,11-13H2,1-4H3. The lowest BCUT2D eigenvalue weighted by atomic mass is 10.2. The third-order valence-electron chi connectivity index (χ3n) is 4.43. The van der Waals surface area contributed by atoms with Crippen molar-refractivity contribution >= 4 is 5.91 Å². The Bertz CT molecular complexity index is 704. The Morgan fingerprint density at radius 1 is 1.20 bits per heavy atom. The van der Waals surface area contributed by atoms with Crippen LogP contribution >= 0.6 is 0 Å². The van der Waals surface area contributed by atoms with Gasteiger partial charge in [-0.05, 0) is 50.6 Å². The number of hydrogen-bond acceptors (Lipinski definition) is 3. The van der Waals surface area contributed by atoms with E-state index >= 15 is 0 Å². The smallest absolute Gasteiger partial charge is 0.255 e. The summed E-state index contributed by atoms with van der Waals surface area (Å²) < 4.78 is 7.28. The van der Waals surface area contributed by atoms with Crippen LogP contribution in [0, 0.1) is 13.8 Å². The number of aromatic nitrogens is 1. The maximum atomic E-state index is 12.9. The van der Waals surface area contributed by atoms with E-state index in [1.54, 1.807) is 12.0 Å². The second-order valence-corrected chi connectivity index (χ2v) is 6.19. The molecule has 0 aliphatic rings. The van der Waals surface area contributed by atoms with E-state index in [0.29, 0.717) is 18.7 Å². The van der Waals surface area contributed by atoms with Crippen molar-refractivity contribution in [1.82, 2.24) is 9.47 Å². The van der Waals surface area contributed by atoms with Crippen LogP contribution in [0.3, 0.4) is 0 Å². The van der Waals surface area contributed by atoms with Gasteiger partial charge in [0.2, 0.25) is 0 Å². The zero-order chi connectivity index (χ0) is 18.4. The molecule has 0 saturated carbocycles. The van der Waals surface area contributed by atoms with Crippen molar-refractivity contribution in [2.45, 2.75) is 33.6 Å². The predicted octanol–water partition coefficient (Wildman–Crippen LogP) is 3.34. The van der Waals surface area contributed by atoms with E-state index in [9.17, 15) is 9.90 Å². The minimum absolute atomic E-state index is 0.0182. The van der Waals surface area contributed by atoms with Crippen LogP contribution in [0.5, 0.6) is 5.75 Å². The number of amides is 1. The molecule has 2 aromatic rings. The second kappa shape index (κ2) is 8.72. The van der Waals surface area contributed by atoms with E-state index in [2.05, 4.69) is 11.5 Å². The van der Waals surface area contributed by atoms with Gasteiger partial charge in [0.1, 0.15) is 5.75 Å². The maximum Gasteiger partial charge on any atom is 0.255 e. The van der Waals surface area contributed by atoms with Crippen LogP contribution in [0.15, 0.2) is 30.3 Å². The second-order valence-electron chi connectivity index (χ2n) is 6.19. The number of aliphatic hydroxyl groups is 1. The summed E-state index contributed by atoms with van der Waals surface area (Å²) in [6.07, 6.45) is 1.95. The molecule has 1 aromatic carbocycles. The summed E-state index contributed by atoms with van der Waals surface area (Å²) in [5.74, 6) is 0.784. The van der Waals surface area contributed by atoms with E-state index in [0.717, 1.165) is 35.7 Å². The molecule has 1 N–H and O–H groups in total. The first kappa shape index (κ1) is 19.1. The average molecular weight is 344 g/mol. The van der Waals surface area contributed by atoms with Crippen LogP contribution in [0.25, 0.3) is 5.69 Å². The van der Waals surface area contributed by atoms with Gasteiger partial charge < -0.3 is 19.3 Å². The van der Waals surface area contributed by atoms with Crippen LogP contribution in [-0.2, 0) is 0 Å². The van der Waals surface area contributed by atoms with Gasteiger partial charge in [-0.25, -0.2) is 0 Å². The summed E-state index contributed by atoms with van der Waals surface area (Å²) in [7, 11) is 1.64. The largest absolute Gasteiger partial charge is 0.497 e. The molecule has 1 amide bonds. The zero-order valence-electron chi connectivity index (χ0n) is 15.6. The zero-order valence-corrected chi connectivity index (χ0v) is 15.6. The number of benzene rings is 1. The van der Waals surface area contributed by atoms with Gasteiger partial charge in [0, 0.05) is 30.2 Å². The van der Waals surface area contributed by atoms with Gasteiger partial charge >= 0.3 is 0 Å². The number of carbonyl (C=O) groups excluding carboxylic acids is 1. The lowest BCUT2D eigenvalue weighted by molar-refractivity contribution is 0.0718. The number of methoxy groups -OCH3 is 1. The molecule has 0 bridgehead atoms. The SMILES string of the molecule is CCCCN(CCO)C(=O)c1cc(C)n(-c2ccc(OC)cc2)c1C. The van der Waals surface area contributed by atoms with Gasteiger partial charge in [0.15, 0.2) is 0 Å². The molecule has 1 heterocycles. The van der Waals surface area contributed by atoms with Crippen molar-refractivity contribution in [3.63, 3.8) is 0 Å². The Morgan fingerprint density at radius 2 is 1.88 bits per heavy atom. The monoisotopic (exact) mass is 344 g/mol. The average Bonchev–Trinajstić information content (AvgIpc) is 2.92. The number of aryl methyl sites for hydroxylation is 1. The van der Waals surface area contributed by atoms with E-state index < -0.39 is 0 Å². The van der Waals surface area contributed by atoms with Crippen molar-refractivity contribution in [3.05, 3.63) is 47.3 Å². The number of nitrogens with zero attached hydrogens (tertiary/aromatic N) is 2. The minimum Gasteiger partial charge on any atom is -0.497 e. The Labute approximate surface area is 149 Å². The van der Waals surface area contributed by atoms with Crippen molar-refractivity contribution < 1.29 is 14.6 Å². The van der Waals surface area contributed by atoms with Gasteiger partial charge in [-0.3, -0.25) is 4.79 Å². The summed E-state index contributed by atoms with van der Waals surface area (Å²) in [4.78, 5) is 14.7. The molecular weight excluding hydrogens is 316 g/mol. The normalized spacial score (nSPS) is 10.8. The molecule has 0 atom stereocenters. The first-order chi connectivity index (χ1) is 12.0. The maximum absolute atomic E-state index is 12.9. The quantitative estimate of drug-likeness (QED) is 0.799. The van der Waals surface area contributed by atoms with Crippen LogP contribution in [0.2, 0.25) is 0 Å². The van der Waals surface area contributed by atoms with E-state index in [1.807, 2.05) is 44.2 Å². The van der Waals surface area contributed by atoms with Crippen LogP contribution < -0.4 is 4.74 Å². The first-order valence-corrected chi connectivity index (χ1v) is 8.77. The third-order valence-corrected chi connectivity index (χ3v) is 4.43. The number of rotatable bonds is 8. The highest BCUT2D eigenvalue weighted by molar-refractivity contribution is 5.96. The first-order valence-electron chi connectivity index (χ1n) is 8.77. The predicted molar refractivity (Wildman–Crippen MR) is 99.7 cm³/mol. The van der Waals surface area contributed by atoms with Gasteiger partial charge in [-0.2, -0.15) is 0 Å². The molecule has 0 unspecified atom stereocenters. The van der Waals surface area contributed by atoms with Crippen LogP contribution in [-0.4, -0.2) is 47.3 Å². The molecule has 2 rings (SSSR count). The summed E-state index contributed by atoms with van der Waals surface area (Å²) in [6.45, 7) is 7.06. The lowest BCUT2D eigenvalue weighted by Gasteiger charge is -2.21. The minimum atomic E-state index is -0.0212. The number of aliphatic hydroxyl groups excluding tert-OH is 1. The Balaban J connectivity index is 2.34. The summed E-state index contributed by atoms with van der Waals surface area (Å²) >= 11 is 0. The molecule has 0 fully saturated rings. The summed E-state index contributed by atoms with van der Waals surface area (Å²) in [5.41, 5.74) is 3.60. The van der Waals surface area contributed by atoms with Crippen molar-refractivity contribution in [2.75, 3.05) is 26.8 Å².